The number of aromatic nitrogens is 2. The summed E-state index contributed by atoms with van der Waals surface area (Å²) in [6.45, 7) is 3.85. The molecule has 2 N–H and O–H groups in total. The van der Waals surface area contributed by atoms with E-state index in [4.69, 9.17) is 11.6 Å². The number of carbonyl (C=O) groups excluding carboxylic acids is 2. The molecule has 0 aliphatic heterocycles. The van der Waals surface area contributed by atoms with Crippen molar-refractivity contribution < 1.29 is 9.59 Å². The summed E-state index contributed by atoms with van der Waals surface area (Å²) in [5, 5.41) is 0.593. The molecule has 8 heteroatoms. The average Bonchev–Trinajstić information content (AvgIpc) is 2.59. The van der Waals surface area contributed by atoms with Gasteiger partial charge in [0.15, 0.2) is 10.9 Å². The van der Waals surface area contributed by atoms with Crippen LogP contribution in [0.3, 0.4) is 0 Å². The first-order chi connectivity index (χ1) is 11.5. The lowest BCUT2D eigenvalue weighted by Gasteiger charge is -2.10. The Hall–Kier alpha value is -2.12. The highest BCUT2D eigenvalue weighted by Crippen LogP contribution is 2.18. The summed E-state index contributed by atoms with van der Waals surface area (Å²) in [6, 6.07) is 7.08. The Kier molecular flexibility index (Phi) is 6.57. The molecule has 2 aromatic rings. The molecular formula is C16H17ClN4O2S. The van der Waals surface area contributed by atoms with Crippen LogP contribution in [0, 0.1) is 6.92 Å². The molecule has 0 aliphatic rings. The van der Waals surface area contributed by atoms with Crippen molar-refractivity contribution >= 4 is 35.2 Å². The van der Waals surface area contributed by atoms with Gasteiger partial charge in [0.25, 0.3) is 11.8 Å². The second kappa shape index (κ2) is 8.65. The van der Waals surface area contributed by atoms with Crippen molar-refractivity contribution in [3.8, 4) is 0 Å². The third-order valence-corrected chi connectivity index (χ3v) is 4.40. The van der Waals surface area contributed by atoms with Crippen molar-refractivity contribution in [1.29, 1.82) is 0 Å². The number of amides is 2. The van der Waals surface area contributed by atoms with Crippen molar-refractivity contribution in [3.63, 3.8) is 0 Å². The lowest BCUT2D eigenvalue weighted by atomic mass is 10.1. The number of thioether (sulfide) groups is 1. The minimum atomic E-state index is -0.595. The Labute approximate surface area is 149 Å². The zero-order valence-corrected chi connectivity index (χ0v) is 14.9. The SMILES string of the molecule is CCCSc1ncc(Cl)c(C(=O)NNC(=O)c2ccccc2C)n1. The molecule has 1 aromatic heterocycles. The first kappa shape index (κ1) is 18.2. The second-order valence-corrected chi connectivity index (χ2v) is 6.39. The van der Waals surface area contributed by atoms with Gasteiger partial charge < -0.3 is 0 Å². The third-order valence-electron chi connectivity index (χ3n) is 3.05. The zero-order valence-electron chi connectivity index (χ0n) is 13.3. The van der Waals surface area contributed by atoms with Crippen LogP contribution in [0.15, 0.2) is 35.6 Å². The van der Waals surface area contributed by atoms with Crippen LogP contribution in [0.1, 0.15) is 39.8 Å². The number of hydrazine groups is 1. The molecule has 0 atom stereocenters. The molecule has 0 radical (unpaired) electrons. The highest BCUT2D eigenvalue weighted by atomic mass is 35.5. The van der Waals surface area contributed by atoms with Crippen LogP contribution < -0.4 is 10.9 Å². The molecule has 126 valence electrons. The summed E-state index contributed by atoms with van der Waals surface area (Å²) < 4.78 is 0. The fourth-order valence-corrected chi connectivity index (χ4v) is 2.69. The Morgan fingerprint density at radius 2 is 1.92 bits per heavy atom. The van der Waals surface area contributed by atoms with E-state index < -0.39 is 11.8 Å². The minimum Gasteiger partial charge on any atom is -0.267 e. The average molecular weight is 365 g/mol. The highest BCUT2D eigenvalue weighted by molar-refractivity contribution is 7.99. The molecule has 1 aromatic carbocycles. The fraction of sp³-hybridized carbons (Fsp3) is 0.250. The molecule has 6 nitrogen and oxygen atoms in total. The van der Waals surface area contributed by atoms with E-state index in [2.05, 4.69) is 20.8 Å². The summed E-state index contributed by atoms with van der Waals surface area (Å²) in [5.41, 5.74) is 6.00. The van der Waals surface area contributed by atoms with Crippen LogP contribution in [-0.2, 0) is 0 Å². The van der Waals surface area contributed by atoms with Crippen LogP contribution >= 0.6 is 23.4 Å². The van der Waals surface area contributed by atoms with Gasteiger partial charge >= 0.3 is 0 Å². The predicted octanol–water partition coefficient (Wildman–Crippen LogP) is 3.02. The van der Waals surface area contributed by atoms with Gasteiger partial charge in [0.05, 0.1) is 11.2 Å². The molecule has 0 saturated heterocycles. The van der Waals surface area contributed by atoms with E-state index >= 15 is 0 Å². The molecule has 24 heavy (non-hydrogen) atoms. The quantitative estimate of drug-likeness (QED) is 0.484. The molecule has 2 amide bonds. The molecule has 0 spiro atoms. The van der Waals surface area contributed by atoms with Gasteiger partial charge in [0.2, 0.25) is 0 Å². The molecule has 0 bridgehead atoms. The lowest BCUT2D eigenvalue weighted by molar-refractivity contribution is 0.0843. The summed E-state index contributed by atoms with van der Waals surface area (Å²) in [6.07, 6.45) is 2.34. The van der Waals surface area contributed by atoms with Gasteiger partial charge in [-0.3, -0.25) is 20.4 Å². The monoisotopic (exact) mass is 364 g/mol. The predicted molar refractivity (Wildman–Crippen MR) is 94.2 cm³/mol. The first-order valence-corrected chi connectivity index (χ1v) is 8.71. The number of rotatable bonds is 5. The van der Waals surface area contributed by atoms with E-state index in [1.807, 2.05) is 26.0 Å². The van der Waals surface area contributed by atoms with E-state index in [1.165, 1.54) is 18.0 Å². The number of hydrogen-bond acceptors (Lipinski definition) is 5. The van der Waals surface area contributed by atoms with Gasteiger partial charge in [0.1, 0.15) is 0 Å². The van der Waals surface area contributed by atoms with Crippen molar-refractivity contribution in [1.82, 2.24) is 20.8 Å². The molecule has 0 fully saturated rings. The molecular weight excluding hydrogens is 348 g/mol. The normalized spacial score (nSPS) is 10.3. The van der Waals surface area contributed by atoms with E-state index in [-0.39, 0.29) is 10.7 Å². The van der Waals surface area contributed by atoms with Gasteiger partial charge in [-0.1, -0.05) is 48.5 Å². The van der Waals surface area contributed by atoms with Gasteiger partial charge in [-0.15, -0.1) is 0 Å². The first-order valence-electron chi connectivity index (χ1n) is 7.34. The van der Waals surface area contributed by atoms with Crippen LogP contribution in [0.4, 0.5) is 0 Å². The van der Waals surface area contributed by atoms with Gasteiger partial charge in [-0.2, -0.15) is 0 Å². The van der Waals surface area contributed by atoms with Crippen LogP contribution in [-0.4, -0.2) is 27.5 Å². The molecule has 2 rings (SSSR count). The summed E-state index contributed by atoms with van der Waals surface area (Å²) in [4.78, 5) is 32.5. The van der Waals surface area contributed by atoms with E-state index in [1.54, 1.807) is 12.1 Å². The Morgan fingerprint density at radius 1 is 1.21 bits per heavy atom. The maximum atomic E-state index is 12.2. The molecule has 0 saturated carbocycles. The Bertz CT molecular complexity index is 755. The van der Waals surface area contributed by atoms with Gasteiger partial charge in [-0.25, -0.2) is 9.97 Å². The minimum absolute atomic E-state index is 0.0235. The fourth-order valence-electron chi connectivity index (χ4n) is 1.84. The smallest absolute Gasteiger partial charge is 0.267 e. The van der Waals surface area contributed by atoms with Gasteiger partial charge in [0, 0.05) is 11.3 Å². The van der Waals surface area contributed by atoms with Crippen LogP contribution in [0.5, 0.6) is 0 Å². The number of nitrogens with one attached hydrogen (secondary N) is 2. The number of halogens is 1. The third kappa shape index (κ3) is 4.69. The van der Waals surface area contributed by atoms with Crippen molar-refractivity contribution in [2.75, 3.05) is 5.75 Å². The summed E-state index contributed by atoms with van der Waals surface area (Å²) in [5.74, 6) is -0.165. The van der Waals surface area contributed by atoms with Crippen molar-refractivity contribution in [3.05, 3.63) is 52.3 Å². The molecule has 1 heterocycles. The Morgan fingerprint density at radius 3 is 2.62 bits per heavy atom. The lowest BCUT2D eigenvalue weighted by Crippen LogP contribution is -2.42. The zero-order chi connectivity index (χ0) is 17.5. The van der Waals surface area contributed by atoms with Crippen molar-refractivity contribution in [2.24, 2.45) is 0 Å². The Balaban J connectivity index is 2.04. The summed E-state index contributed by atoms with van der Waals surface area (Å²) in [7, 11) is 0. The van der Waals surface area contributed by atoms with Crippen molar-refractivity contribution in [2.45, 2.75) is 25.4 Å². The maximum absolute atomic E-state index is 12.2. The molecule has 0 unspecified atom stereocenters. The number of carbonyl (C=O) groups is 2. The molecule has 0 aliphatic carbocycles. The number of benzene rings is 1. The standard InChI is InChI=1S/C16H17ClN4O2S/c1-3-8-24-16-18-9-12(17)13(19-16)15(23)21-20-14(22)11-7-5-4-6-10(11)2/h4-7,9H,3,8H2,1-2H3,(H,20,22)(H,21,23). The topological polar surface area (TPSA) is 84.0 Å². The van der Waals surface area contributed by atoms with Crippen LogP contribution in [0.25, 0.3) is 0 Å². The number of hydrogen-bond donors (Lipinski definition) is 2. The summed E-state index contributed by atoms with van der Waals surface area (Å²) >= 11 is 7.41. The van der Waals surface area contributed by atoms with E-state index in [9.17, 15) is 9.59 Å². The maximum Gasteiger partial charge on any atom is 0.289 e. The second-order valence-electron chi connectivity index (χ2n) is 4.92. The van der Waals surface area contributed by atoms with Gasteiger partial charge in [-0.05, 0) is 25.0 Å². The largest absolute Gasteiger partial charge is 0.289 e. The van der Waals surface area contributed by atoms with Crippen LogP contribution in [0.2, 0.25) is 5.02 Å². The van der Waals surface area contributed by atoms with E-state index in [0.717, 1.165) is 17.7 Å². The highest BCUT2D eigenvalue weighted by Gasteiger charge is 2.16. The number of nitrogens with zero attached hydrogens (tertiary/aromatic N) is 2. The number of aryl methyl sites for hydroxylation is 1. The van der Waals surface area contributed by atoms with E-state index in [0.29, 0.717) is 10.7 Å².